The number of piperazine rings is 1. The SMILES string of the molecule is COc1ccccc1N1CCN(CCOC(=O)Cc2nc(NC=O)sc2-c2cc(C(C)(C)C)c(O)c(C(C)(C)C)c2)CC1. The van der Waals surface area contributed by atoms with E-state index in [1.165, 1.54) is 11.3 Å². The minimum Gasteiger partial charge on any atom is -0.507 e. The normalized spacial score (nSPS) is 14.4. The number of nitrogens with zero attached hydrogens (tertiary/aromatic N) is 3. The quantitative estimate of drug-likeness (QED) is 0.227. The number of para-hydroxylation sites is 2. The van der Waals surface area contributed by atoms with Crippen LogP contribution in [0.4, 0.5) is 10.8 Å². The summed E-state index contributed by atoms with van der Waals surface area (Å²) in [6, 6.07) is 12.0. The molecule has 1 aromatic heterocycles. The van der Waals surface area contributed by atoms with Gasteiger partial charge in [-0.25, -0.2) is 4.98 Å². The lowest BCUT2D eigenvalue weighted by molar-refractivity contribution is -0.143. The molecule has 1 amide bonds. The van der Waals surface area contributed by atoms with Gasteiger partial charge in [-0.2, -0.15) is 0 Å². The number of phenols is 1. The van der Waals surface area contributed by atoms with Crippen molar-refractivity contribution in [3.63, 3.8) is 0 Å². The molecule has 0 atom stereocenters. The maximum absolute atomic E-state index is 13.0. The Morgan fingerprint density at radius 2 is 1.67 bits per heavy atom. The fourth-order valence-electron chi connectivity index (χ4n) is 5.30. The monoisotopic (exact) mass is 608 g/mol. The molecule has 1 aliphatic rings. The van der Waals surface area contributed by atoms with Crippen molar-refractivity contribution in [1.29, 1.82) is 0 Å². The third kappa shape index (κ3) is 7.86. The Morgan fingerprint density at radius 1 is 1.05 bits per heavy atom. The smallest absolute Gasteiger partial charge is 0.311 e. The number of aromatic nitrogens is 1. The molecule has 0 bridgehead atoms. The Morgan fingerprint density at radius 3 is 2.26 bits per heavy atom. The highest BCUT2D eigenvalue weighted by Crippen LogP contribution is 2.44. The van der Waals surface area contributed by atoms with E-state index in [4.69, 9.17) is 9.47 Å². The van der Waals surface area contributed by atoms with E-state index in [1.54, 1.807) is 7.11 Å². The van der Waals surface area contributed by atoms with Crippen molar-refractivity contribution >= 4 is 34.5 Å². The highest BCUT2D eigenvalue weighted by molar-refractivity contribution is 7.19. The fraction of sp³-hybridized carbons (Fsp3) is 0.485. The summed E-state index contributed by atoms with van der Waals surface area (Å²) >= 11 is 1.31. The summed E-state index contributed by atoms with van der Waals surface area (Å²) in [5, 5.41) is 14.2. The molecule has 9 nitrogen and oxygen atoms in total. The maximum atomic E-state index is 13.0. The van der Waals surface area contributed by atoms with E-state index >= 15 is 0 Å². The number of esters is 1. The summed E-state index contributed by atoms with van der Waals surface area (Å²) < 4.78 is 11.2. The molecule has 2 heterocycles. The maximum Gasteiger partial charge on any atom is 0.311 e. The van der Waals surface area contributed by atoms with Crippen LogP contribution >= 0.6 is 11.3 Å². The van der Waals surface area contributed by atoms with Crippen molar-refractivity contribution in [3.05, 3.63) is 53.2 Å². The average Bonchev–Trinajstić information content (AvgIpc) is 3.34. The van der Waals surface area contributed by atoms with E-state index in [1.807, 2.05) is 30.3 Å². The number of thiazole rings is 1. The second kappa shape index (κ2) is 13.3. The summed E-state index contributed by atoms with van der Waals surface area (Å²) in [6.07, 6.45) is 0.556. The highest BCUT2D eigenvalue weighted by Gasteiger charge is 2.28. The Labute approximate surface area is 258 Å². The summed E-state index contributed by atoms with van der Waals surface area (Å²) in [5.74, 6) is 0.779. The van der Waals surface area contributed by atoms with Crippen molar-refractivity contribution < 1.29 is 24.2 Å². The lowest BCUT2D eigenvalue weighted by Gasteiger charge is -2.36. The number of amides is 1. The predicted molar refractivity (Wildman–Crippen MR) is 173 cm³/mol. The molecule has 0 saturated carbocycles. The summed E-state index contributed by atoms with van der Waals surface area (Å²) in [4.78, 5) is 34.1. The second-order valence-electron chi connectivity index (χ2n) is 12.9. The van der Waals surface area contributed by atoms with Gasteiger partial charge in [-0.05, 0) is 40.7 Å². The number of methoxy groups -OCH3 is 1. The number of anilines is 2. The third-order valence-corrected chi connectivity index (χ3v) is 8.73. The van der Waals surface area contributed by atoms with Crippen LogP contribution in [0.2, 0.25) is 0 Å². The average molecular weight is 609 g/mol. The van der Waals surface area contributed by atoms with Gasteiger partial charge in [0.1, 0.15) is 18.1 Å². The Hall–Kier alpha value is -3.63. The number of hydrogen-bond donors (Lipinski definition) is 2. The van der Waals surface area contributed by atoms with Crippen molar-refractivity contribution in [2.45, 2.75) is 58.8 Å². The molecule has 10 heteroatoms. The van der Waals surface area contributed by atoms with Crippen LogP contribution in [0.15, 0.2) is 36.4 Å². The van der Waals surface area contributed by atoms with Crippen LogP contribution < -0.4 is 15.0 Å². The van der Waals surface area contributed by atoms with Crippen LogP contribution in [0.1, 0.15) is 58.4 Å². The number of aromatic hydroxyl groups is 1. The first kappa shape index (κ1) is 32.3. The zero-order valence-electron chi connectivity index (χ0n) is 26.3. The third-order valence-electron chi connectivity index (χ3n) is 7.65. The van der Waals surface area contributed by atoms with Gasteiger partial charge in [0, 0.05) is 43.9 Å². The molecule has 43 heavy (non-hydrogen) atoms. The summed E-state index contributed by atoms with van der Waals surface area (Å²) in [5.41, 5.74) is 3.48. The Balaban J connectivity index is 1.44. The molecule has 0 spiro atoms. The van der Waals surface area contributed by atoms with Crippen molar-refractivity contribution in [2.75, 3.05) is 56.7 Å². The number of phenolic OH excluding ortho intramolecular Hbond substituents is 1. The molecule has 0 radical (unpaired) electrons. The molecule has 2 N–H and O–H groups in total. The van der Waals surface area contributed by atoms with Gasteiger partial charge >= 0.3 is 5.97 Å². The number of rotatable bonds is 10. The minimum absolute atomic E-state index is 0.0233. The van der Waals surface area contributed by atoms with Gasteiger partial charge in [0.25, 0.3) is 0 Å². The first-order valence-corrected chi connectivity index (χ1v) is 15.5. The van der Waals surface area contributed by atoms with E-state index in [0.717, 1.165) is 59.2 Å². The largest absolute Gasteiger partial charge is 0.507 e. The van der Waals surface area contributed by atoms with Crippen molar-refractivity contribution in [3.8, 4) is 21.9 Å². The molecule has 2 aromatic carbocycles. The van der Waals surface area contributed by atoms with Gasteiger partial charge in [0.05, 0.1) is 29.8 Å². The molecular formula is C33H44N4O5S. The van der Waals surface area contributed by atoms with E-state index in [-0.39, 0.29) is 35.6 Å². The second-order valence-corrected chi connectivity index (χ2v) is 13.9. The van der Waals surface area contributed by atoms with E-state index in [2.05, 4.69) is 67.7 Å². The number of carbonyl (C=O) groups is 2. The molecule has 1 fully saturated rings. The van der Waals surface area contributed by atoms with E-state index < -0.39 is 0 Å². The predicted octanol–water partition coefficient (Wildman–Crippen LogP) is 5.60. The first-order chi connectivity index (χ1) is 20.3. The minimum atomic E-state index is -0.372. The van der Waals surface area contributed by atoms with Gasteiger partial charge in [-0.1, -0.05) is 65.0 Å². The summed E-state index contributed by atoms with van der Waals surface area (Å²) in [6.45, 7) is 16.7. The van der Waals surface area contributed by atoms with Gasteiger partial charge in [0.15, 0.2) is 5.13 Å². The molecule has 1 aliphatic heterocycles. The van der Waals surface area contributed by atoms with Gasteiger partial charge < -0.3 is 24.8 Å². The van der Waals surface area contributed by atoms with E-state index in [0.29, 0.717) is 23.8 Å². The number of hydrogen-bond acceptors (Lipinski definition) is 9. The molecule has 4 rings (SSSR count). The van der Waals surface area contributed by atoms with Crippen LogP contribution in [-0.4, -0.2) is 73.8 Å². The molecule has 1 saturated heterocycles. The Kier molecular flexibility index (Phi) is 10.0. The van der Waals surface area contributed by atoms with Crippen LogP contribution in [0.5, 0.6) is 11.5 Å². The standard InChI is InChI=1S/C33H44N4O5S/c1-32(2,3)23-18-22(19-24(29(23)40)33(4,5)6)30-25(35-31(43-30)34-21-38)20-28(39)42-17-16-36-12-14-37(15-13-36)26-10-8-9-11-27(26)41-7/h8-11,18-19,21,40H,12-17,20H2,1-7H3,(H,34,35,38). The van der Waals surface area contributed by atoms with Crippen molar-refractivity contribution in [2.24, 2.45) is 0 Å². The number of ether oxygens (including phenoxy) is 2. The number of carbonyl (C=O) groups excluding carboxylic acids is 2. The fourth-order valence-corrected chi connectivity index (χ4v) is 6.23. The zero-order chi connectivity index (χ0) is 31.4. The lowest BCUT2D eigenvalue weighted by atomic mass is 9.78. The van der Waals surface area contributed by atoms with Crippen LogP contribution in [-0.2, 0) is 31.6 Å². The van der Waals surface area contributed by atoms with Gasteiger partial charge in [-0.15, -0.1) is 0 Å². The highest BCUT2D eigenvalue weighted by atomic mass is 32.1. The summed E-state index contributed by atoms with van der Waals surface area (Å²) in [7, 11) is 1.69. The van der Waals surface area contributed by atoms with Gasteiger partial charge in [0.2, 0.25) is 6.41 Å². The molecule has 232 valence electrons. The molecular weight excluding hydrogens is 564 g/mol. The van der Waals surface area contributed by atoms with Gasteiger partial charge in [-0.3, -0.25) is 14.5 Å². The lowest BCUT2D eigenvalue weighted by Crippen LogP contribution is -2.47. The van der Waals surface area contributed by atoms with E-state index in [9.17, 15) is 14.7 Å². The van der Waals surface area contributed by atoms with Crippen molar-refractivity contribution in [1.82, 2.24) is 9.88 Å². The first-order valence-electron chi connectivity index (χ1n) is 14.7. The number of benzene rings is 2. The van der Waals surface area contributed by atoms with Crippen LogP contribution in [0.25, 0.3) is 10.4 Å². The topological polar surface area (TPSA) is 104 Å². The number of nitrogens with one attached hydrogen (secondary N) is 1. The zero-order valence-corrected chi connectivity index (χ0v) is 27.1. The molecule has 0 unspecified atom stereocenters. The Bertz CT molecular complexity index is 1400. The molecule has 3 aromatic rings. The molecule has 0 aliphatic carbocycles. The van der Waals surface area contributed by atoms with Crippen LogP contribution in [0, 0.1) is 0 Å². The van der Waals surface area contributed by atoms with Crippen LogP contribution in [0.3, 0.4) is 0 Å².